The van der Waals surface area contributed by atoms with Crippen LogP contribution in [0.3, 0.4) is 0 Å². The highest BCUT2D eigenvalue weighted by atomic mass is 32.2. The first-order valence-electron chi connectivity index (χ1n) is 10.0. The van der Waals surface area contributed by atoms with Gasteiger partial charge in [-0.1, -0.05) is 31.2 Å². The van der Waals surface area contributed by atoms with Crippen LogP contribution in [0.25, 0.3) is 17.0 Å². The molecule has 2 heterocycles. The van der Waals surface area contributed by atoms with E-state index in [1.54, 1.807) is 31.3 Å². The highest BCUT2D eigenvalue weighted by Crippen LogP contribution is 2.35. The number of esters is 1. The number of ether oxygens (including phenoxy) is 1. The minimum Gasteiger partial charge on any atom is -0.465 e. The highest BCUT2D eigenvalue weighted by molar-refractivity contribution is 8.18. The van der Waals surface area contributed by atoms with Crippen LogP contribution in [0.5, 0.6) is 0 Å². The van der Waals surface area contributed by atoms with Gasteiger partial charge >= 0.3 is 5.97 Å². The van der Waals surface area contributed by atoms with Gasteiger partial charge in [0.1, 0.15) is 0 Å². The van der Waals surface area contributed by atoms with Crippen molar-refractivity contribution in [3.05, 3.63) is 70.8 Å². The van der Waals surface area contributed by atoms with Gasteiger partial charge in [0.2, 0.25) is 0 Å². The minimum absolute atomic E-state index is 0.0970. The van der Waals surface area contributed by atoms with E-state index in [0.717, 1.165) is 29.4 Å². The Morgan fingerprint density at radius 1 is 1.19 bits per heavy atom. The second-order valence-electron chi connectivity index (χ2n) is 7.21. The predicted molar refractivity (Wildman–Crippen MR) is 125 cm³/mol. The van der Waals surface area contributed by atoms with Crippen molar-refractivity contribution in [2.24, 2.45) is 4.99 Å². The van der Waals surface area contributed by atoms with Crippen molar-refractivity contribution in [1.82, 2.24) is 9.47 Å². The Hall–Kier alpha value is -3.32. The molecule has 0 unspecified atom stereocenters. The molecule has 1 aliphatic rings. The van der Waals surface area contributed by atoms with E-state index in [-0.39, 0.29) is 5.91 Å². The average Bonchev–Trinajstić information content (AvgIpc) is 3.26. The van der Waals surface area contributed by atoms with Gasteiger partial charge in [-0.25, -0.2) is 9.79 Å². The van der Waals surface area contributed by atoms with Gasteiger partial charge in [0.15, 0.2) is 5.17 Å². The lowest BCUT2D eigenvalue weighted by Crippen LogP contribution is -2.23. The number of amidine groups is 1. The Kier molecular flexibility index (Phi) is 5.95. The van der Waals surface area contributed by atoms with E-state index in [1.807, 2.05) is 18.2 Å². The molecule has 158 valence electrons. The fraction of sp³-hybridized carbons (Fsp3) is 0.208. The number of rotatable bonds is 5. The van der Waals surface area contributed by atoms with Gasteiger partial charge in [-0.05, 0) is 48.5 Å². The molecular formula is C24H23N3O3S. The second-order valence-corrected chi connectivity index (χ2v) is 8.22. The Morgan fingerprint density at radius 2 is 2.00 bits per heavy atom. The van der Waals surface area contributed by atoms with Crippen LogP contribution < -0.4 is 0 Å². The number of nitrogens with zero attached hydrogens (tertiary/aromatic N) is 3. The van der Waals surface area contributed by atoms with E-state index >= 15 is 0 Å². The third kappa shape index (κ3) is 4.14. The SMILES string of the molecule is CCCn1cc(C=C2SC(=Nc3cccc(C(=O)OC)c3)N(C)C2=O)c2ccccc21. The molecule has 0 N–H and O–H groups in total. The lowest BCUT2D eigenvalue weighted by Gasteiger charge is -2.07. The van der Waals surface area contributed by atoms with E-state index in [0.29, 0.717) is 21.3 Å². The zero-order chi connectivity index (χ0) is 22.0. The first-order chi connectivity index (χ1) is 15.0. The first kappa shape index (κ1) is 20.9. The molecule has 0 spiro atoms. The van der Waals surface area contributed by atoms with Crippen LogP contribution in [0.4, 0.5) is 5.69 Å². The van der Waals surface area contributed by atoms with E-state index in [9.17, 15) is 9.59 Å². The Morgan fingerprint density at radius 3 is 2.77 bits per heavy atom. The van der Waals surface area contributed by atoms with Crippen molar-refractivity contribution in [2.45, 2.75) is 19.9 Å². The fourth-order valence-electron chi connectivity index (χ4n) is 3.54. The van der Waals surface area contributed by atoms with Crippen molar-refractivity contribution < 1.29 is 14.3 Å². The number of amides is 1. The Balaban J connectivity index is 1.68. The monoisotopic (exact) mass is 433 g/mol. The van der Waals surface area contributed by atoms with E-state index in [2.05, 4.69) is 34.8 Å². The first-order valence-corrected chi connectivity index (χ1v) is 10.9. The van der Waals surface area contributed by atoms with E-state index < -0.39 is 5.97 Å². The molecule has 7 heteroatoms. The number of aromatic nitrogens is 1. The summed E-state index contributed by atoms with van der Waals surface area (Å²) in [6.07, 6.45) is 5.07. The maximum Gasteiger partial charge on any atom is 0.337 e. The summed E-state index contributed by atoms with van der Waals surface area (Å²) < 4.78 is 6.99. The number of hydrogen-bond acceptors (Lipinski definition) is 5. The number of carbonyl (C=O) groups is 2. The largest absolute Gasteiger partial charge is 0.465 e. The summed E-state index contributed by atoms with van der Waals surface area (Å²) in [6, 6.07) is 15.1. The number of thioether (sulfide) groups is 1. The molecule has 0 radical (unpaired) electrons. The molecule has 0 bridgehead atoms. The lowest BCUT2D eigenvalue weighted by molar-refractivity contribution is -0.121. The number of methoxy groups -OCH3 is 1. The lowest BCUT2D eigenvalue weighted by atomic mass is 10.1. The van der Waals surface area contributed by atoms with Crippen LogP contribution in [-0.4, -0.2) is 40.7 Å². The van der Waals surface area contributed by atoms with Gasteiger partial charge in [0.05, 0.1) is 23.3 Å². The van der Waals surface area contributed by atoms with Crippen molar-refractivity contribution in [2.75, 3.05) is 14.2 Å². The third-order valence-electron chi connectivity index (χ3n) is 5.07. The maximum atomic E-state index is 12.9. The summed E-state index contributed by atoms with van der Waals surface area (Å²) in [4.78, 5) is 31.4. The zero-order valence-corrected chi connectivity index (χ0v) is 18.5. The van der Waals surface area contributed by atoms with Crippen molar-refractivity contribution in [1.29, 1.82) is 0 Å². The number of fused-ring (bicyclic) bond motifs is 1. The smallest absolute Gasteiger partial charge is 0.337 e. The van der Waals surface area contributed by atoms with Crippen molar-refractivity contribution >= 4 is 51.5 Å². The molecule has 1 aromatic heterocycles. The summed E-state index contributed by atoms with van der Waals surface area (Å²) in [5.74, 6) is -0.519. The van der Waals surface area contributed by atoms with Gasteiger partial charge in [-0.15, -0.1) is 0 Å². The summed E-state index contributed by atoms with van der Waals surface area (Å²) >= 11 is 1.33. The van der Waals surface area contributed by atoms with Crippen LogP contribution in [-0.2, 0) is 16.1 Å². The Bertz CT molecular complexity index is 1230. The highest BCUT2D eigenvalue weighted by Gasteiger charge is 2.30. The molecule has 1 fully saturated rings. The zero-order valence-electron chi connectivity index (χ0n) is 17.7. The van der Waals surface area contributed by atoms with Crippen LogP contribution in [0.1, 0.15) is 29.3 Å². The summed E-state index contributed by atoms with van der Waals surface area (Å²) in [5, 5.41) is 1.69. The van der Waals surface area contributed by atoms with Gasteiger partial charge in [-0.3, -0.25) is 9.69 Å². The molecule has 4 rings (SSSR count). The van der Waals surface area contributed by atoms with Crippen LogP contribution in [0.15, 0.2) is 64.6 Å². The molecule has 2 aromatic carbocycles. The second kappa shape index (κ2) is 8.81. The van der Waals surface area contributed by atoms with Gasteiger partial charge < -0.3 is 9.30 Å². The summed E-state index contributed by atoms with van der Waals surface area (Å²) in [7, 11) is 3.05. The average molecular weight is 434 g/mol. The van der Waals surface area contributed by atoms with E-state index in [4.69, 9.17) is 4.74 Å². The van der Waals surface area contributed by atoms with Crippen LogP contribution >= 0.6 is 11.8 Å². The molecule has 31 heavy (non-hydrogen) atoms. The molecule has 1 saturated heterocycles. The van der Waals surface area contributed by atoms with Crippen LogP contribution in [0.2, 0.25) is 0 Å². The quantitative estimate of drug-likeness (QED) is 0.416. The summed E-state index contributed by atoms with van der Waals surface area (Å²) in [5.41, 5.74) is 3.18. The molecule has 0 atom stereocenters. The third-order valence-corrected chi connectivity index (χ3v) is 6.13. The van der Waals surface area contributed by atoms with Crippen molar-refractivity contribution in [3.63, 3.8) is 0 Å². The summed E-state index contributed by atoms with van der Waals surface area (Å²) in [6.45, 7) is 3.07. The molecular weight excluding hydrogens is 410 g/mol. The molecule has 1 aliphatic heterocycles. The van der Waals surface area contributed by atoms with Gasteiger partial charge in [0, 0.05) is 36.3 Å². The number of aliphatic imine (C=N–C) groups is 1. The molecule has 3 aromatic rings. The maximum absolute atomic E-state index is 12.9. The predicted octanol–water partition coefficient (Wildman–Crippen LogP) is 5.07. The topological polar surface area (TPSA) is 63.9 Å². The minimum atomic E-state index is -0.422. The number of aryl methyl sites for hydroxylation is 1. The van der Waals surface area contributed by atoms with Crippen LogP contribution in [0, 0.1) is 0 Å². The number of benzene rings is 2. The number of hydrogen-bond donors (Lipinski definition) is 0. The molecule has 0 saturated carbocycles. The van der Waals surface area contributed by atoms with Gasteiger partial charge in [-0.2, -0.15) is 0 Å². The number of para-hydroxylation sites is 1. The number of carbonyl (C=O) groups excluding carboxylic acids is 2. The molecule has 6 nitrogen and oxygen atoms in total. The Labute approximate surface area is 185 Å². The van der Waals surface area contributed by atoms with Gasteiger partial charge in [0.25, 0.3) is 5.91 Å². The fourth-order valence-corrected chi connectivity index (χ4v) is 4.52. The number of likely N-dealkylation sites (N-methyl/N-ethyl adjacent to an activating group) is 1. The van der Waals surface area contributed by atoms with Crippen molar-refractivity contribution in [3.8, 4) is 0 Å². The standard InChI is InChI=1S/C24H23N3O3S/c1-4-12-27-15-17(19-10-5-6-11-20(19)27)14-21-22(28)26(2)24(31-21)25-18-9-7-8-16(13-18)23(29)30-3/h5-11,13-15H,4,12H2,1-3H3. The molecule has 0 aliphatic carbocycles. The van der Waals surface area contributed by atoms with E-state index in [1.165, 1.54) is 23.8 Å². The molecule has 1 amide bonds. The normalized spacial score (nSPS) is 16.6.